The van der Waals surface area contributed by atoms with Crippen molar-refractivity contribution in [1.29, 1.82) is 0 Å². The minimum Gasteiger partial charge on any atom is -0.482 e. The first-order valence-electron chi connectivity index (χ1n) is 7.93. The molecule has 2 aromatic carbocycles. The predicted octanol–water partition coefficient (Wildman–Crippen LogP) is 2.83. The summed E-state index contributed by atoms with van der Waals surface area (Å²) >= 11 is 1.66. The van der Waals surface area contributed by atoms with Gasteiger partial charge in [0.05, 0.1) is 0 Å². The number of rotatable bonds is 9. The van der Waals surface area contributed by atoms with Gasteiger partial charge in [-0.2, -0.15) is 0 Å². The molecule has 0 bridgehead atoms. The molecule has 0 aliphatic heterocycles. The molecule has 0 aliphatic rings. The highest BCUT2D eigenvalue weighted by Crippen LogP contribution is 2.17. The van der Waals surface area contributed by atoms with Crippen LogP contribution in [0, 0.1) is 6.92 Å². The number of aryl methyl sites for hydroxylation is 1. The van der Waals surface area contributed by atoms with Crippen LogP contribution in [0.15, 0.2) is 59.5 Å². The van der Waals surface area contributed by atoms with Crippen molar-refractivity contribution in [2.45, 2.75) is 11.8 Å². The Labute approximate surface area is 151 Å². The van der Waals surface area contributed by atoms with Gasteiger partial charge in [-0.3, -0.25) is 4.79 Å². The summed E-state index contributed by atoms with van der Waals surface area (Å²) in [6, 6.07) is 17.2. The third-order valence-electron chi connectivity index (χ3n) is 3.18. The fraction of sp³-hybridized carbons (Fsp3) is 0.263. The van der Waals surface area contributed by atoms with E-state index in [9.17, 15) is 9.59 Å². The van der Waals surface area contributed by atoms with Crippen molar-refractivity contribution in [3.63, 3.8) is 0 Å². The number of hydrogen-bond donors (Lipinski definition) is 1. The minimum absolute atomic E-state index is 0.222. The summed E-state index contributed by atoms with van der Waals surface area (Å²) < 4.78 is 10.1. The van der Waals surface area contributed by atoms with Crippen LogP contribution in [0.25, 0.3) is 0 Å². The van der Waals surface area contributed by atoms with Crippen molar-refractivity contribution < 1.29 is 19.1 Å². The Bertz CT molecular complexity index is 674. The van der Waals surface area contributed by atoms with Gasteiger partial charge < -0.3 is 14.8 Å². The van der Waals surface area contributed by atoms with Crippen molar-refractivity contribution in [3.05, 3.63) is 60.2 Å². The molecular weight excluding hydrogens is 338 g/mol. The lowest BCUT2D eigenvalue weighted by Crippen LogP contribution is -2.31. The van der Waals surface area contributed by atoms with Gasteiger partial charge in [0.1, 0.15) is 5.75 Å². The molecule has 0 radical (unpaired) electrons. The second kappa shape index (κ2) is 10.4. The number of amides is 1. The van der Waals surface area contributed by atoms with Crippen molar-refractivity contribution in [1.82, 2.24) is 5.32 Å². The molecular formula is C19H21NO4S. The summed E-state index contributed by atoms with van der Waals surface area (Å²) in [6.45, 7) is 2.03. The highest BCUT2D eigenvalue weighted by molar-refractivity contribution is 7.99. The SMILES string of the molecule is Cc1ccc(SCCNC(=O)COC(=O)COc2ccccc2)cc1. The van der Waals surface area contributed by atoms with E-state index in [0.717, 1.165) is 10.6 Å². The molecule has 5 nitrogen and oxygen atoms in total. The predicted molar refractivity (Wildman–Crippen MR) is 97.8 cm³/mol. The summed E-state index contributed by atoms with van der Waals surface area (Å²) in [5.74, 6) is 0.433. The first kappa shape index (κ1) is 18.9. The molecule has 0 saturated carbocycles. The molecule has 0 atom stereocenters. The molecule has 25 heavy (non-hydrogen) atoms. The van der Waals surface area contributed by atoms with Gasteiger partial charge in [0.25, 0.3) is 5.91 Å². The van der Waals surface area contributed by atoms with E-state index in [1.165, 1.54) is 5.56 Å². The average Bonchev–Trinajstić information content (AvgIpc) is 2.64. The summed E-state index contributed by atoms with van der Waals surface area (Å²) in [4.78, 5) is 24.3. The number of ether oxygens (including phenoxy) is 2. The van der Waals surface area contributed by atoms with Gasteiger partial charge in [-0.25, -0.2) is 4.79 Å². The van der Waals surface area contributed by atoms with Crippen LogP contribution < -0.4 is 10.1 Å². The van der Waals surface area contributed by atoms with Crippen LogP contribution >= 0.6 is 11.8 Å². The highest BCUT2D eigenvalue weighted by atomic mass is 32.2. The summed E-state index contributed by atoms with van der Waals surface area (Å²) in [5, 5.41) is 2.72. The van der Waals surface area contributed by atoms with Crippen LogP contribution in [0.4, 0.5) is 0 Å². The maximum atomic E-state index is 11.6. The van der Waals surface area contributed by atoms with E-state index >= 15 is 0 Å². The van der Waals surface area contributed by atoms with E-state index in [-0.39, 0.29) is 19.1 Å². The number of carbonyl (C=O) groups excluding carboxylic acids is 2. The number of benzene rings is 2. The van der Waals surface area contributed by atoms with E-state index in [2.05, 4.69) is 29.6 Å². The summed E-state index contributed by atoms with van der Waals surface area (Å²) in [7, 11) is 0. The smallest absolute Gasteiger partial charge is 0.344 e. The Morgan fingerprint density at radius 1 is 1.00 bits per heavy atom. The van der Waals surface area contributed by atoms with E-state index in [1.807, 2.05) is 25.1 Å². The molecule has 132 valence electrons. The molecule has 0 saturated heterocycles. The van der Waals surface area contributed by atoms with Crippen LogP contribution in [0.2, 0.25) is 0 Å². The molecule has 0 heterocycles. The first-order valence-corrected chi connectivity index (χ1v) is 8.91. The fourth-order valence-electron chi connectivity index (χ4n) is 1.89. The van der Waals surface area contributed by atoms with Crippen LogP contribution in [0.1, 0.15) is 5.56 Å². The Hall–Kier alpha value is -2.47. The summed E-state index contributed by atoms with van der Waals surface area (Å²) in [5.41, 5.74) is 1.22. The molecule has 0 spiro atoms. The monoisotopic (exact) mass is 359 g/mol. The van der Waals surface area contributed by atoms with Crippen LogP contribution in [-0.4, -0.2) is 37.4 Å². The molecule has 0 unspecified atom stereocenters. The van der Waals surface area contributed by atoms with E-state index < -0.39 is 5.97 Å². The third-order valence-corrected chi connectivity index (χ3v) is 4.19. The molecule has 1 N–H and O–H groups in total. The average molecular weight is 359 g/mol. The van der Waals surface area contributed by atoms with Crippen LogP contribution in [0.3, 0.4) is 0 Å². The normalized spacial score (nSPS) is 10.1. The third kappa shape index (κ3) is 7.76. The van der Waals surface area contributed by atoms with Gasteiger partial charge in [-0.05, 0) is 31.2 Å². The minimum atomic E-state index is -0.576. The van der Waals surface area contributed by atoms with Gasteiger partial charge >= 0.3 is 5.97 Å². The Balaban J connectivity index is 1.54. The summed E-state index contributed by atoms with van der Waals surface area (Å²) in [6.07, 6.45) is 0. The standard InChI is InChI=1S/C19H21NO4S/c1-15-7-9-17(10-8-15)25-12-11-20-18(21)13-24-19(22)14-23-16-5-3-2-4-6-16/h2-10H,11-14H2,1H3,(H,20,21). The van der Waals surface area contributed by atoms with Crippen molar-refractivity contribution >= 4 is 23.6 Å². The zero-order valence-corrected chi connectivity index (χ0v) is 14.9. The maximum Gasteiger partial charge on any atom is 0.344 e. The molecule has 0 aromatic heterocycles. The Morgan fingerprint density at radius 3 is 2.44 bits per heavy atom. The zero-order valence-electron chi connectivity index (χ0n) is 14.1. The number of thioether (sulfide) groups is 1. The van der Waals surface area contributed by atoms with Crippen molar-refractivity contribution in [3.8, 4) is 5.75 Å². The van der Waals surface area contributed by atoms with Gasteiger partial charge in [-0.1, -0.05) is 35.9 Å². The highest BCUT2D eigenvalue weighted by Gasteiger charge is 2.08. The Kier molecular flexibility index (Phi) is 7.85. The zero-order chi connectivity index (χ0) is 17.9. The lowest BCUT2D eigenvalue weighted by molar-refractivity contribution is -0.150. The molecule has 2 aromatic rings. The van der Waals surface area contributed by atoms with E-state index in [0.29, 0.717) is 12.3 Å². The largest absolute Gasteiger partial charge is 0.482 e. The van der Waals surface area contributed by atoms with Crippen LogP contribution in [-0.2, 0) is 14.3 Å². The number of esters is 1. The second-order valence-corrected chi connectivity index (χ2v) is 6.44. The van der Waals surface area contributed by atoms with Crippen molar-refractivity contribution in [2.24, 2.45) is 0 Å². The fourth-order valence-corrected chi connectivity index (χ4v) is 2.66. The molecule has 0 aliphatic carbocycles. The lowest BCUT2D eigenvalue weighted by atomic mass is 10.2. The van der Waals surface area contributed by atoms with Gasteiger partial charge in [0.2, 0.25) is 0 Å². The molecule has 1 amide bonds. The number of carbonyl (C=O) groups is 2. The van der Waals surface area contributed by atoms with Gasteiger partial charge in [-0.15, -0.1) is 11.8 Å². The quantitative estimate of drug-likeness (QED) is 0.424. The van der Waals surface area contributed by atoms with Gasteiger partial charge in [0, 0.05) is 17.2 Å². The molecule has 0 fully saturated rings. The molecule has 2 rings (SSSR count). The lowest BCUT2D eigenvalue weighted by Gasteiger charge is -2.08. The van der Waals surface area contributed by atoms with Crippen molar-refractivity contribution in [2.75, 3.05) is 25.5 Å². The van der Waals surface area contributed by atoms with E-state index in [1.54, 1.807) is 23.9 Å². The number of para-hydroxylation sites is 1. The van der Waals surface area contributed by atoms with E-state index in [4.69, 9.17) is 9.47 Å². The maximum absolute atomic E-state index is 11.6. The number of nitrogens with one attached hydrogen (secondary N) is 1. The Morgan fingerprint density at radius 2 is 1.72 bits per heavy atom. The first-order chi connectivity index (χ1) is 12.1. The number of hydrogen-bond acceptors (Lipinski definition) is 5. The van der Waals surface area contributed by atoms with Gasteiger partial charge in [0.15, 0.2) is 13.2 Å². The molecule has 6 heteroatoms. The van der Waals surface area contributed by atoms with Crippen LogP contribution in [0.5, 0.6) is 5.75 Å². The second-order valence-electron chi connectivity index (χ2n) is 5.27. The topological polar surface area (TPSA) is 64.6 Å².